The Hall–Kier alpha value is -4.34. The summed E-state index contributed by atoms with van der Waals surface area (Å²) in [7, 11) is 1.65. The van der Waals surface area contributed by atoms with Crippen molar-refractivity contribution in [2.24, 2.45) is 5.10 Å². The third-order valence-corrected chi connectivity index (χ3v) is 7.24. The van der Waals surface area contributed by atoms with Gasteiger partial charge >= 0.3 is 0 Å². The van der Waals surface area contributed by atoms with E-state index in [1.165, 1.54) is 25.7 Å². The SMILES string of the molecule is COc1ccccc1OCCn1cc(/C=N/Nc2nc(N3CCCC3)nc(N3CCCC3)n2)c2ccccc21. The number of ether oxygens (including phenoxy) is 2. The van der Waals surface area contributed by atoms with Crippen LogP contribution in [0.15, 0.2) is 59.8 Å². The largest absolute Gasteiger partial charge is 0.493 e. The quantitative estimate of drug-likeness (QED) is 0.238. The summed E-state index contributed by atoms with van der Waals surface area (Å²) in [5.41, 5.74) is 5.20. The predicted octanol–water partition coefficient (Wildman–Crippen LogP) is 4.56. The number of anilines is 3. The normalized spacial score (nSPS) is 15.5. The maximum absolute atomic E-state index is 6.01. The molecule has 39 heavy (non-hydrogen) atoms. The summed E-state index contributed by atoms with van der Waals surface area (Å²) in [5.74, 6) is 3.40. The van der Waals surface area contributed by atoms with Crippen LogP contribution in [-0.4, -0.2) is 65.6 Å². The lowest BCUT2D eigenvalue weighted by atomic mass is 10.2. The van der Waals surface area contributed by atoms with E-state index >= 15 is 0 Å². The van der Waals surface area contributed by atoms with Gasteiger partial charge in [0.15, 0.2) is 11.5 Å². The molecule has 2 aliphatic heterocycles. The Balaban J connectivity index is 1.19. The van der Waals surface area contributed by atoms with Crippen LogP contribution in [0.4, 0.5) is 17.8 Å². The summed E-state index contributed by atoms with van der Waals surface area (Å²) in [6, 6.07) is 16.0. The fourth-order valence-electron chi connectivity index (χ4n) is 5.24. The second-order valence-electron chi connectivity index (χ2n) is 9.81. The second kappa shape index (κ2) is 11.6. The van der Waals surface area contributed by atoms with Crippen LogP contribution < -0.4 is 24.7 Å². The number of nitrogens with zero attached hydrogens (tertiary/aromatic N) is 7. The zero-order valence-electron chi connectivity index (χ0n) is 22.3. The lowest BCUT2D eigenvalue weighted by molar-refractivity contribution is 0.281. The van der Waals surface area contributed by atoms with Crippen molar-refractivity contribution in [1.82, 2.24) is 19.5 Å². The van der Waals surface area contributed by atoms with E-state index < -0.39 is 0 Å². The van der Waals surface area contributed by atoms with Crippen molar-refractivity contribution in [3.05, 3.63) is 60.3 Å². The summed E-state index contributed by atoms with van der Waals surface area (Å²) in [6.45, 7) is 5.11. The highest BCUT2D eigenvalue weighted by atomic mass is 16.5. The zero-order chi connectivity index (χ0) is 26.4. The minimum Gasteiger partial charge on any atom is -0.493 e. The number of fused-ring (bicyclic) bond motifs is 1. The zero-order valence-corrected chi connectivity index (χ0v) is 22.3. The third-order valence-electron chi connectivity index (χ3n) is 7.24. The molecule has 4 heterocycles. The molecule has 6 rings (SSSR count). The average Bonchev–Trinajstić information content (AvgIpc) is 3.76. The molecule has 10 heteroatoms. The van der Waals surface area contributed by atoms with Crippen LogP contribution in [-0.2, 0) is 6.54 Å². The first-order chi connectivity index (χ1) is 19.3. The Morgan fingerprint density at radius 3 is 2.18 bits per heavy atom. The molecule has 10 nitrogen and oxygen atoms in total. The summed E-state index contributed by atoms with van der Waals surface area (Å²) in [5, 5.41) is 5.65. The molecule has 202 valence electrons. The Bertz CT molecular complexity index is 1410. The number of rotatable bonds is 10. The Labute approximate surface area is 228 Å². The van der Waals surface area contributed by atoms with Crippen molar-refractivity contribution in [3.63, 3.8) is 0 Å². The molecular weight excluding hydrogens is 492 g/mol. The Kier molecular flexibility index (Phi) is 7.42. The highest BCUT2D eigenvalue weighted by molar-refractivity contribution is 5.99. The van der Waals surface area contributed by atoms with Crippen molar-refractivity contribution in [1.29, 1.82) is 0 Å². The van der Waals surface area contributed by atoms with Crippen molar-refractivity contribution in [3.8, 4) is 11.5 Å². The number of aromatic nitrogens is 4. The number of benzene rings is 2. The fraction of sp³-hybridized carbons (Fsp3) is 0.379. The topological polar surface area (TPSA) is 92.9 Å². The second-order valence-corrected chi connectivity index (χ2v) is 9.81. The Morgan fingerprint density at radius 2 is 1.49 bits per heavy atom. The summed E-state index contributed by atoms with van der Waals surface area (Å²) < 4.78 is 13.6. The molecule has 2 fully saturated rings. The molecular formula is C29H34N8O2. The van der Waals surface area contributed by atoms with Crippen LogP contribution >= 0.6 is 0 Å². The maximum atomic E-state index is 6.01. The van der Waals surface area contributed by atoms with Gasteiger partial charge in [0.2, 0.25) is 17.8 Å². The van der Waals surface area contributed by atoms with Crippen LogP contribution in [0.5, 0.6) is 11.5 Å². The molecule has 0 bridgehead atoms. The average molecular weight is 527 g/mol. The molecule has 2 aromatic carbocycles. The number of para-hydroxylation sites is 3. The molecule has 0 amide bonds. The first-order valence-corrected chi connectivity index (χ1v) is 13.7. The predicted molar refractivity (Wildman–Crippen MR) is 154 cm³/mol. The van der Waals surface area contributed by atoms with E-state index in [1.54, 1.807) is 7.11 Å². The standard InChI is InChI=1S/C29H34N8O2/c1-38-25-12-4-5-13-26(25)39-19-18-37-21-22(23-10-2-3-11-24(23)37)20-30-34-27-31-28(35-14-6-7-15-35)33-29(32-27)36-16-8-9-17-36/h2-5,10-13,20-21H,6-9,14-19H2,1H3,(H,31,32,33,34)/b30-20+. The van der Waals surface area contributed by atoms with Gasteiger partial charge in [0, 0.05) is 48.8 Å². The van der Waals surface area contributed by atoms with E-state index in [0.717, 1.165) is 66.0 Å². The molecule has 0 aliphatic carbocycles. The third kappa shape index (κ3) is 5.59. The monoisotopic (exact) mass is 526 g/mol. The van der Waals surface area contributed by atoms with Gasteiger partial charge in [-0.1, -0.05) is 30.3 Å². The van der Waals surface area contributed by atoms with Crippen LogP contribution in [0, 0.1) is 0 Å². The lowest BCUT2D eigenvalue weighted by Gasteiger charge is -2.20. The number of hydrogen-bond donors (Lipinski definition) is 1. The van der Waals surface area contributed by atoms with Crippen LogP contribution in [0.1, 0.15) is 31.2 Å². The minimum absolute atomic E-state index is 0.471. The van der Waals surface area contributed by atoms with Crippen molar-refractivity contribution in [2.75, 3.05) is 55.1 Å². The van der Waals surface area contributed by atoms with Crippen molar-refractivity contribution in [2.45, 2.75) is 32.2 Å². The highest BCUT2D eigenvalue weighted by Crippen LogP contribution is 2.27. The van der Waals surface area contributed by atoms with Gasteiger partial charge < -0.3 is 23.8 Å². The molecule has 0 saturated carbocycles. The van der Waals surface area contributed by atoms with E-state index in [4.69, 9.17) is 14.5 Å². The molecule has 0 spiro atoms. The molecule has 1 N–H and O–H groups in total. The van der Waals surface area contributed by atoms with Crippen LogP contribution in [0.2, 0.25) is 0 Å². The van der Waals surface area contributed by atoms with E-state index in [-0.39, 0.29) is 0 Å². The summed E-state index contributed by atoms with van der Waals surface area (Å²) in [6.07, 6.45) is 8.59. The number of hydrogen-bond acceptors (Lipinski definition) is 9. The van der Waals surface area contributed by atoms with Gasteiger partial charge in [0.1, 0.15) is 6.61 Å². The Morgan fingerprint density at radius 1 is 0.846 bits per heavy atom. The van der Waals surface area contributed by atoms with Gasteiger partial charge in [0.25, 0.3) is 0 Å². The van der Waals surface area contributed by atoms with Gasteiger partial charge in [-0.3, -0.25) is 0 Å². The molecule has 0 unspecified atom stereocenters. The minimum atomic E-state index is 0.471. The molecule has 2 aromatic heterocycles. The maximum Gasteiger partial charge on any atom is 0.250 e. The summed E-state index contributed by atoms with van der Waals surface area (Å²) >= 11 is 0. The number of hydrazone groups is 1. The lowest BCUT2D eigenvalue weighted by Crippen LogP contribution is -2.25. The number of nitrogens with one attached hydrogen (secondary N) is 1. The highest BCUT2D eigenvalue weighted by Gasteiger charge is 2.21. The van der Waals surface area contributed by atoms with Gasteiger partial charge in [-0.15, -0.1) is 0 Å². The number of methoxy groups -OCH3 is 1. The van der Waals surface area contributed by atoms with Crippen LogP contribution in [0.25, 0.3) is 10.9 Å². The molecule has 4 aromatic rings. The molecule has 2 saturated heterocycles. The van der Waals surface area contributed by atoms with Gasteiger partial charge in [-0.05, 0) is 43.9 Å². The van der Waals surface area contributed by atoms with Gasteiger partial charge in [-0.2, -0.15) is 20.1 Å². The smallest absolute Gasteiger partial charge is 0.250 e. The van der Waals surface area contributed by atoms with Gasteiger partial charge in [0.05, 0.1) is 19.9 Å². The molecule has 0 radical (unpaired) electrons. The summed E-state index contributed by atoms with van der Waals surface area (Å²) in [4.78, 5) is 18.6. The fourth-order valence-corrected chi connectivity index (χ4v) is 5.24. The van der Waals surface area contributed by atoms with Crippen LogP contribution in [0.3, 0.4) is 0 Å². The van der Waals surface area contributed by atoms with E-state index in [2.05, 4.69) is 53.2 Å². The first-order valence-electron chi connectivity index (χ1n) is 13.7. The van der Waals surface area contributed by atoms with Crippen molar-refractivity contribution >= 4 is 35.0 Å². The van der Waals surface area contributed by atoms with E-state index in [0.29, 0.717) is 19.1 Å². The van der Waals surface area contributed by atoms with E-state index in [9.17, 15) is 0 Å². The van der Waals surface area contributed by atoms with E-state index in [1.807, 2.05) is 42.6 Å². The first kappa shape index (κ1) is 25.0. The van der Waals surface area contributed by atoms with Crippen molar-refractivity contribution < 1.29 is 9.47 Å². The molecule has 0 atom stereocenters. The molecule has 2 aliphatic rings. The van der Waals surface area contributed by atoms with Gasteiger partial charge in [-0.25, -0.2) is 5.43 Å².